The lowest BCUT2D eigenvalue weighted by molar-refractivity contribution is -0.111. The maximum absolute atomic E-state index is 11.7. The second-order valence-corrected chi connectivity index (χ2v) is 6.14. The lowest BCUT2D eigenvalue weighted by Gasteiger charge is -2.17. The monoisotopic (exact) mass is 332 g/mol. The quantitative estimate of drug-likeness (QED) is 0.835. The van der Waals surface area contributed by atoms with Gasteiger partial charge in [0.1, 0.15) is 0 Å². The zero-order valence-corrected chi connectivity index (χ0v) is 14.3. The van der Waals surface area contributed by atoms with Crippen molar-refractivity contribution < 1.29 is 9.59 Å². The number of carbonyl (C=O) groups excluding carboxylic acids is 2. The number of carbonyl (C=O) groups is 2. The molecule has 126 valence electrons. The van der Waals surface area contributed by atoms with Gasteiger partial charge >= 0.3 is 0 Å². The lowest BCUT2D eigenvalue weighted by atomic mass is 9.89. The van der Waals surface area contributed by atoms with Gasteiger partial charge in [0, 0.05) is 11.3 Å². The zero-order valence-electron chi connectivity index (χ0n) is 14.3. The first-order chi connectivity index (χ1) is 11.9. The summed E-state index contributed by atoms with van der Waals surface area (Å²) in [4.78, 5) is 23.4. The smallest absolute Gasteiger partial charge is 0.249 e. The van der Waals surface area contributed by atoms with Crippen molar-refractivity contribution >= 4 is 23.1 Å². The molecule has 0 aromatic heterocycles. The number of nitrogens with one attached hydrogen (secondary N) is 1. The van der Waals surface area contributed by atoms with Crippen LogP contribution < -0.4 is 11.1 Å². The number of nitrogens with two attached hydrogens (primary N) is 1. The van der Waals surface area contributed by atoms with Crippen molar-refractivity contribution in [2.24, 2.45) is 5.73 Å². The van der Waals surface area contributed by atoms with E-state index in [4.69, 9.17) is 5.73 Å². The van der Waals surface area contributed by atoms with Gasteiger partial charge in [-0.1, -0.05) is 30.9 Å². The molecule has 0 atom stereocenters. The fraction of sp³-hybridized carbons (Fsp3) is 0.143. The summed E-state index contributed by atoms with van der Waals surface area (Å²) in [6, 6.07) is 9.51. The van der Waals surface area contributed by atoms with Crippen molar-refractivity contribution in [1.29, 1.82) is 0 Å². The molecule has 2 amide bonds. The van der Waals surface area contributed by atoms with Gasteiger partial charge in [0.2, 0.25) is 11.8 Å². The Morgan fingerprint density at radius 1 is 1.16 bits per heavy atom. The molecule has 0 saturated heterocycles. The molecule has 3 rings (SSSR count). The summed E-state index contributed by atoms with van der Waals surface area (Å²) in [6.45, 7) is 7.50. The van der Waals surface area contributed by atoms with Crippen LogP contribution >= 0.6 is 0 Å². The van der Waals surface area contributed by atoms with Crippen molar-refractivity contribution in [2.45, 2.75) is 20.3 Å². The van der Waals surface area contributed by atoms with Crippen LogP contribution in [0.4, 0.5) is 5.69 Å². The van der Waals surface area contributed by atoms with Gasteiger partial charge in [0.15, 0.2) is 0 Å². The number of allylic oxidation sites excluding steroid dienone is 2. The Balaban J connectivity index is 2.19. The highest BCUT2D eigenvalue weighted by atomic mass is 16.1. The van der Waals surface area contributed by atoms with Crippen molar-refractivity contribution in [2.75, 3.05) is 5.32 Å². The van der Waals surface area contributed by atoms with Gasteiger partial charge < -0.3 is 11.1 Å². The zero-order chi connectivity index (χ0) is 18.1. The van der Waals surface area contributed by atoms with Crippen LogP contribution in [-0.4, -0.2) is 11.8 Å². The van der Waals surface area contributed by atoms with E-state index in [2.05, 4.69) is 18.0 Å². The minimum Gasteiger partial charge on any atom is -0.366 e. The SMILES string of the molecule is C=CC(=O)Nc1cccc(-c2ccc(C(N)=O)c3c2C(C)=CC3)c1C. The third-order valence-electron chi connectivity index (χ3n) is 4.65. The lowest BCUT2D eigenvalue weighted by Crippen LogP contribution is -2.14. The number of hydrogen-bond donors (Lipinski definition) is 2. The Kier molecular flexibility index (Phi) is 4.28. The van der Waals surface area contributed by atoms with Gasteiger partial charge in [0.25, 0.3) is 0 Å². The summed E-state index contributed by atoms with van der Waals surface area (Å²) in [5, 5.41) is 2.83. The van der Waals surface area contributed by atoms with Crippen molar-refractivity contribution in [3.05, 3.63) is 71.3 Å². The number of primary amides is 1. The van der Waals surface area contributed by atoms with E-state index in [1.807, 2.05) is 38.1 Å². The van der Waals surface area contributed by atoms with Crippen LogP contribution in [0.5, 0.6) is 0 Å². The first kappa shape index (κ1) is 16.7. The number of amides is 2. The molecular weight excluding hydrogens is 312 g/mol. The molecule has 0 radical (unpaired) electrons. The van der Waals surface area contributed by atoms with Crippen molar-refractivity contribution in [3.8, 4) is 11.1 Å². The first-order valence-electron chi connectivity index (χ1n) is 8.10. The molecule has 3 N–H and O–H groups in total. The van der Waals surface area contributed by atoms with E-state index in [1.165, 1.54) is 6.08 Å². The van der Waals surface area contributed by atoms with E-state index in [0.717, 1.165) is 39.1 Å². The maximum atomic E-state index is 11.7. The first-order valence-corrected chi connectivity index (χ1v) is 8.10. The predicted molar refractivity (Wildman–Crippen MR) is 101 cm³/mol. The fourth-order valence-corrected chi connectivity index (χ4v) is 3.37. The summed E-state index contributed by atoms with van der Waals surface area (Å²) >= 11 is 0. The third kappa shape index (κ3) is 2.87. The molecule has 0 bridgehead atoms. The molecule has 2 aromatic carbocycles. The average Bonchev–Trinajstić information content (AvgIpc) is 2.98. The van der Waals surface area contributed by atoms with Gasteiger partial charge in [-0.15, -0.1) is 0 Å². The van der Waals surface area contributed by atoms with Crippen LogP contribution in [0, 0.1) is 6.92 Å². The Bertz CT molecular complexity index is 939. The Labute approximate surface area is 147 Å². The molecule has 25 heavy (non-hydrogen) atoms. The van der Waals surface area contributed by atoms with Gasteiger partial charge in [-0.05, 0) is 71.9 Å². The number of rotatable bonds is 4. The summed E-state index contributed by atoms with van der Waals surface area (Å²) in [5.74, 6) is -0.653. The fourth-order valence-electron chi connectivity index (χ4n) is 3.37. The van der Waals surface area contributed by atoms with Crippen molar-refractivity contribution in [3.63, 3.8) is 0 Å². The van der Waals surface area contributed by atoms with Gasteiger partial charge in [0.05, 0.1) is 0 Å². The third-order valence-corrected chi connectivity index (χ3v) is 4.65. The molecular formula is C21H20N2O2. The predicted octanol–water partition coefficient (Wildman–Crippen LogP) is 3.84. The molecule has 4 nitrogen and oxygen atoms in total. The van der Waals surface area contributed by atoms with E-state index < -0.39 is 5.91 Å². The Morgan fingerprint density at radius 2 is 1.92 bits per heavy atom. The van der Waals surface area contributed by atoms with Crippen molar-refractivity contribution in [1.82, 2.24) is 0 Å². The number of hydrogen-bond acceptors (Lipinski definition) is 2. The Hall–Kier alpha value is -3.14. The van der Waals surface area contributed by atoms with Gasteiger partial charge in [-0.2, -0.15) is 0 Å². The standard InChI is InChI=1S/C21H20N2O2/c1-4-19(24)23-18-7-5-6-14(13(18)3)15-10-11-17(21(22)25)16-9-8-12(2)20(15)16/h4-8,10-11H,1,9H2,2-3H3,(H2,22,25)(H,23,24). The summed E-state index contributed by atoms with van der Waals surface area (Å²) < 4.78 is 0. The second kappa shape index (κ2) is 6.40. The summed E-state index contributed by atoms with van der Waals surface area (Å²) in [6.07, 6.45) is 4.07. The molecule has 0 heterocycles. The molecule has 4 heteroatoms. The van der Waals surface area contributed by atoms with E-state index >= 15 is 0 Å². The largest absolute Gasteiger partial charge is 0.366 e. The van der Waals surface area contributed by atoms with E-state index in [9.17, 15) is 9.59 Å². The van der Waals surface area contributed by atoms with E-state index in [0.29, 0.717) is 12.0 Å². The molecule has 0 aliphatic heterocycles. The minimum atomic E-state index is -0.408. The normalized spacial score (nSPS) is 12.3. The molecule has 1 aliphatic carbocycles. The topological polar surface area (TPSA) is 72.2 Å². The highest BCUT2D eigenvalue weighted by Crippen LogP contribution is 2.40. The van der Waals surface area contributed by atoms with Crippen LogP contribution in [-0.2, 0) is 11.2 Å². The molecule has 0 spiro atoms. The van der Waals surface area contributed by atoms with Gasteiger partial charge in [-0.25, -0.2) is 0 Å². The molecule has 0 fully saturated rings. The van der Waals surface area contributed by atoms with E-state index in [-0.39, 0.29) is 5.91 Å². The maximum Gasteiger partial charge on any atom is 0.249 e. The number of fused-ring (bicyclic) bond motifs is 1. The molecule has 1 aliphatic rings. The average molecular weight is 332 g/mol. The highest BCUT2D eigenvalue weighted by Gasteiger charge is 2.22. The van der Waals surface area contributed by atoms with Crippen LogP contribution in [0.2, 0.25) is 0 Å². The van der Waals surface area contributed by atoms with Crippen LogP contribution in [0.25, 0.3) is 16.7 Å². The van der Waals surface area contributed by atoms with Crippen LogP contribution in [0.3, 0.4) is 0 Å². The van der Waals surface area contributed by atoms with Gasteiger partial charge in [-0.3, -0.25) is 9.59 Å². The summed E-state index contributed by atoms with van der Waals surface area (Å²) in [5.41, 5.74) is 13.0. The minimum absolute atomic E-state index is 0.245. The number of benzene rings is 2. The van der Waals surface area contributed by atoms with Crippen LogP contribution in [0.15, 0.2) is 49.1 Å². The van der Waals surface area contributed by atoms with Crippen LogP contribution in [0.1, 0.15) is 34.0 Å². The second-order valence-electron chi connectivity index (χ2n) is 6.14. The highest BCUT2D eigenvalue weighted by molar-refractivity contribution is 6.02. The number of anilines is 1. The van der Waals surface area contributed by atoms with E-state index in [1.54, 1.807) is 6.07 Å². The molecule has 2 aromatic rings. The Morgan fingerprint density at radius 3 is 2.60 bits per heavy atom. The summed E-state index contributed by atoms with van der Waals surface area (Å²) in [7, 11) is 0. The molecule has 0 unspecified atom stereocenters. The molecule has 0 saturated carbocycles.